The number of carboxylic acids is 1. The minimum Gasteiger partial charge on any atom is -0.478 e. The lowest BCUT2D eigenvalue weighted by Gasteiger charge is -2.35. The maximum atomic E-state index is 13.7. The molecule has 0 unspecified atom stereocenters. The lowest BCUT2D eigenvalue weighted by molar-refractivity contribution is -0.131. The van der Waals surface area contributed by atoms with Crippen molar-refractivity contribution >= 4 is 12.1 Å². The van der Waals surface area contributed by atoms with Crippen LogP contribution in [0.2, 0.25) is 0 Å². The zero-order valence-corrected chi connectivity index (χ0v) is 11.1. The van der Waals surface area contributed by atoms with Gasteiger partial charge < -0.3 is 14.7 Å². The molecule has 5 nitrogen and oxygen atoms in total. The molecule has 0 saturated carbocycles. The molecule has 1 N–H and O–H groups in total. The van der Waals surface area contributed by atoms with Gasteiger partial charge in [0.25, 0.3) is 5.92 Å². The number of hydrogen-bond donors (Lipinski definition) is 1. The predicted molar refractivity (Wildman–Crippen MR) is 63.1 cm³/mol. The first-order valence-corrected chi connectivity index (χ1v) is 5.81. The Kier molecular flexibility index (Phi) is 4.17. The van der Waals surface area contributed by atoms with Crippen LogP contribution in [0, 0.1) is 0 Å². The lowest BCUT2D eigenvalue weighted by Crippen LogP contribution is -2.48. The van der Waals surface area contributed by atoms with Crippen molar-refractivity contribution in [1.82, 2.24) is 4.90 Å². The van der Waals surface area contributed by atoms with Crippen molar-refractivity contribution in [2.45, 2.75) is 38.7 Å². The molecule has 7 heteroatoms. The Balaban J connectivity index is 2.76. The Morgan fingerprint density at radius 1 is 1.42 bits per heavy atom. The third kappa shape index (κ3) is 4.50. The Morgan fingerprint density at radius 2 is 2.00 bits per heavy atom. The standard InChI is InChI=1S/C12H17F2NO4/c1-11(2,3)19-10(18)15-5-4-8(6-9(16)17)12(13,14)7-15/h6H,4-5,7H2,1-3H3,(H,16,17)/b8-6+. The quantitative estimate of drug-likeness (QED) is 0.747. The van der Waals surface area contributed by atoms with Crippen LogP contribution in [0.15, 0.2) is 11.6 Å². The average Bonchev–Trinajstić information content (AvgIpc) is 2.17. The van der Waals surface area contributed by atoms with Crippen LogP contribution >= 0.6 is 0 Å². The third-order valence-corrected chi connectivity index (χ3v) is 2.46. The first-order valence-electron chi connectivity index (χ1n) is 5.81. The van der Waals surface area contributed by atoms with E-state index in [9.17, 15) is 18.4 Å². The number of nitrogens with zero attached hydrogens (tertiary/aromatic N) is 1. The molecule has 0 bridgehead atoms. The summed E-state index contributed by atoms with van der Waals surface area (Å²) in [6.07, 6.45) is -0.494. The highest BCUT2D eigenvalue weighted by atomic mass is 19.3. The van der Waals surface area contributed by atoms with Gasteiger partial charge in [0.2, 0.25) is 0 Å². The average molecular weight is 277 g/mol. The van der Waals surface area contributed by atoms with Crippen molar-refractivity contribution in [1.29, 1.82) is 0 Å². The topological polar surface area (TPSA) is 66.8 Å². The molecule has 1 aliphatic heterocycles. The van der Waals surface area contributed by atoms with Gasteiger partial charge in [-0.1, -0.05) is 0 Å². The zero-order chi connectivity index (χ0) is 14.8. The molecule has 0 aromatic carbocycles. The molecule has 0 radical (unpaired) electrons. The molecule has 0 aromatic rings. The van der Waals surface area contributed by atoms with E-state index in [1.165, 1.54) is 0 Å². The summed E-state index contributed by atoms with van der Waals surface area (Å²) in [4.78, 5) is 23.0. The van der Waals surface area contributed by atoms with Crippen LogP contribution in [0.5, 0.6) is 0 Å². The summed E-state index contributed by atoms with van der Waals surface area (Å²) in [6.45, 7) is 4.08. The molecule has 1 rings (SSSR count). The number of ether oxygens (including phenoxy) is 1. The highest BCUT2D eigenvalue weighted by Gasteiger charge is 2.42. The van der Waals surface area contributed by atoms with Gasteiger partial charge in [0.05, 0.1) is 6.54 Å². The van der Waals surface area contributed by atoms with E-state index >= 15 is 0 Å². The summed E-state index contributed by atoms with van der Waals surface area (Å²) in [5, 5.41) is 8.51. The third-order valence-electron chi connectivity index (χ3n) is 2.46. The molecular weight excluding hydrogens is 260 g/mol. The van der Waals surface area contributed by atoms with Gasteiger partial charge in [-0.2, -0.15) is 8.78 Å². The molecule has 1 heterocycles. The van der Waals surface area contributed by atoms with Gasteiger partial charge in [0.15, 0.2) is 0 Å². The molecule has 19 heavy (non-hydrogen) atoms. The van der Waals surface area contributed by atoms with Crippen molar-refractivity contribution < 1.29 is 28.2 Å². The number of alkyl halides is 2. The first-order chi connectivity index (χ1) is 8.51. The number of piperidine rings is 1. The SMILES string of the molecule is CC(C)(C)OC(=O)N1CC/C(=C\C(=O)O)C(F)(F)C1. The maximum absolute atomic E-state index is 13.7. The summed E-state index contributed by atoms with van der Waals surface area (Å²) in [7, 11) is 0. The van der Waals surface area contributed by atoms with Crippen molar-refractivity contribution in [2.75, 3.05) is 13.1 Å². The summed E-state index contributed by atoms with van der Waals surface area (Å²) >= 11 is 0. The molecule has 1 amide bonds. The molecule has 0 spiro atoms. The zero-order valence-electron chi connectivity index (χ0n) is 11.1. The first kappa shape index (κ1) is 15.4. The Hall–Kier alpha value is -1.66. The van der Waals surface area contributed by atoms with Crippen LogP contribution in [-0.2, 0) is 9.53 Å². The van der Waals surface area contributed by atoms with Gasteiger partial charge in [0, 0.05) is 18.2 Å². The smallest absolute Gasteiger partial charge is 0.410 e. The summed E-state index contributed by atoms with van der Waals surface area (Å²) < 4.78 is 32.4. The van der Waals surface area contributed by atoms with Gasteiger partial charge in [-0.15, -0.1) is 0 Å². The van der Waals surface area contributed by atoms with E-state index in [2.05, 4.69) is 0 Å². The van der Waals surface area contributed by atoms with E-state index in [4.69, 9.17) is 9.84 Å². The Labute approximate surface area is 109 Å². The number of rotatable bonds is 1. The summed E-state index contributed by atoms with van der Waals surface area (Å²) in [5.74, 6) is -4.76. The fourth-order valence-corrected chi connectivity index (χ4v) is 1.67. The molecule has 1 aliphatic rings. The van der Waals surface area contributed by atoms with Gasteiger partial charge in [-0.3, -0.25) is 0 Å². The van der Waals surface area contributed by atoms with Crippen LogP contribution in [0.4, 0.5) is 13.6 Å². The molecule has 0 aliphatic carbocycles. The van der Waals surface area contributed by atoms with Crippen LogP contribution in [0.25, 0.3) is 0 Å². The van der Waals surface area contributed by atoms with Crippen LogP contribution in [-0.4, -0.2) is 46.7 Å². The molecule has 108 valence electrons. The Morgan fingerprint density at radius 3 is 2.42 bits per heavy atom. The maximum Gasteiger partial charge on any atom is 0.410 e. The van der Waals surface area contributed by atoms with Gasteiger partial charge in [-0.05, 0) is 27.2 Å². The number of likely N-dealkylation sites (tertiary alicyclic amines) is 1. The highest BCUT2D eigenvalue weighted by Crippen LogP contribution is 2.32. The number of carbonyl (C=O) groups excluding carboxylic acids is 1. The fourth-order valence-electron chi connectivity index (χ4n) is 1.67. The van der Waals surface area contributed by atoms with Crippen molar-refractivity contribution in [3.8, 4) is 0 Å². The van der Waals surface area contributed by atoms with Crippen molar-refractivity contribution in [3.05, 3.63) is 11.6 Å². The van der Waals surface area contributed by atoms with Crippen LogP contribution < -0.4 is 0 Å². The minimum atomic E-state index is -3.34. The van der Waals surface area contributed by atoms with Gasteiger partial charge in [0.1, 0.15) is 5.60 Å². The normalized spacial score (nSPS) is 21.3. The minimum absolute atomic E-state index is 0.0175. The summed E-state index contributed by atoms with van der Waals surface area (Å²) in [5.41, 5.74) is -1.23. The van der Waals surface area contributed by atoms with E-state index in [1.54, 1.807) is 20.8 Å². The second-order valence-corrected chi connectivity index (χ2v) is 5.36. The van der Waals surface area contributed by atoms with E-state index in [0.717, 1.165) is 4.90 Å². The number of carbonyl (C=O) groups is 2. The molecule has 0 aromatic heterocycles. The number of carboxylic acid groups (broad SMARTS) is 1. The van der Waals surface area contributed by atoms with Gasteiger partial charge >= 0.3 is 12.1 Å². The van der Waals surface area contributed by atoms with E-state index in [0.29, 0.717) is 6.08 Å². The predicted octanol–water partition coefficient (Wildman–Crippen LogP) is 2.27. The fraction of sp³-hybridized carbons (Fsp3) is 0.667. The number of amides is 1. The van der Waals surface area contributed by atoms with Crippen LogP contribution in [0.1, 0.15) is 27.2 Å². The molecule has 1 saturated heterocycles. The monoisotopic (exact) mass is 277 g/mol. The second-order valence-electron chi connectivity index (χ2n) is 5.36. The van der Waals surface area contributed by atoms with E-state index in [-0.39, 0.29) is 13.0 Å². The van der Waals surface area contributed by atoms with E-state index in [1.807, 2.05) is 0 Å². The van der Waals surface area contributed by atoms with Crippen molar-refractivity contribution in [3.63, 3.8) is 0 Å². The number of hydrogen-bond acceptors (Lipinski definition) is 3. The second kappa shape index (κ2) is 5.14. The molecule has 0 atom stereocenters. The highest BCUT2D eigenvalue weighted by molar-refractivity contribution is 5.81. The van der Waals surface area contributed by atoms with E-state index < -0.39 is 35.7 Å². The molecule has 1 fully saturated rings. The number of aliphatic carboxylic acids is 1. The largest absolute Gasteiger partial charge is 0.478 e. The van der Waals surface area contributed by atoms with Gasteiger partial charge in [-0.25, -0.2) is 9.59 Å². The van der Waals surface area contributed by atoms with Crippen molar-refractivity contribution in [2.24, 2.45) is 0 Å². The Bertz CT molecular complexity index is 412. The molecular formula is C12H17F2NO4. The summed E-state index contributed by atoms with van der Waals surface area (Å²) in [6, 6.07) is 0. The van der Waals surface area contributed by atoms with Crippen LogP contribution in [0.3, 0.4) is 0 Å². The number of halogens is 2. The lowest BCUT2D eigenvalue weighted by atomic mass is 10.00.